The number of allylic oxidation sites excluding steroid dienone is 4. The smallest absolute Gasteiger partial charge is 0.416 e. The lowest BCUT2D eigenvalue weighted by molar-refractivity contribution is -0.187. The van der Waals surface area contributed by atoms with Crippen molar-refractivity contribution in [2.45, 2.75) is 122 Å². The number of aliphatic hydroxyl groups excluding tert-OH is 1. The number of halogens is 3. The fourth-order valence-electron chi connectivity index (χ4n) is 13.9. The maximum Gasteiger partial charge on any atom is 0.416 e. The number of esters is 1. The number of alkyl halides is 3. The Kier molecular flexibility index (Phi) is 8.11. The molecule has 1 heterocycles. The summed E-state index contributed by atoms with van der Waals surface area (Å²) in [6.07, 6.45) is 5.93. The summed E-state index contributed by atoms with van der Waals surface area (Å²) < 4.78 is 48.1. The van der Waals surface area contributed by atoms with E-state index in [1.54, 1.807) is 4.90 Å². The molecule has 0 aromatic heterocycles. The monoisotopic (exact) mass is 785 g/mol. The van der Waals surface area contributed by atoms with E-state index in [1.165, 1.54) is 12.1 Å². The number of fused-ring (bicyclic) bond motifs is 3. The molecule has 5 fully saturated rings. The van der Waals surface area contributed by atoms with Crippen LogP contribution in [0.4, 0.5) is 13.2 Å². The van der Waals surface area contributed by atoms with Gasteiger partial charge in [-0.2, -0.15) is 13.2 Å². The topological polar surface area (TPSA) is 104 Å². The zero-order valence-electron chi connectivity index (χ0n) is 33.5. The highest BCUT2D eigenvalue weighted by molar-refractivity contribution is 6.10. The Balaban J connectivity index is 1.14. The van der Waals surface area contributed by atoms with Crippen molar-refractivity contribution >= 4 is 17.7 Å². The van der Waals surface area contributed by atoms with Gasteiger partial charge in [-0.1, -0.05) is 88.4 Å². The Hall–Kier alpha value is -3.76. The first-order valence-electron chi connectivity index (χ1n) is 20.8. The number of benzene rings is 2. The normalized spacial score (nSPS) is 42.2. The number of ketones is 1. The Morgan fingerprint density at radius 2 is 1.54 bits per heavy atom. The highest BCUT2D eigenvalue weighted by Crippen LogP contribution is 2.78. The lowest BCUT2D eigenvalue weighted by atomic mass is 9.32. The number of rotatable bonds is 7. The number of ether oxygens (including phenoxy) is 1. The molecule has 10 rings (SSSR count). The number of hydrogen-bond acceptors (Lipinski definition) is 6. The molecule has 7 aliphatic carbocycles. The van der Waals surface area contributed by atoms with Crippen LogP contribution in [0.3, 0.4) is 0 Å². The van der Waals surface area contributed by atoms with Crippen LogP contribution in [-0.4, -0.2) is 56.6 Å². The van der Waals surface area contributed by atoms with Gasteiger partial charge in [0.1, 0.15) is 0 Å². The van der Waals surface area contributed by atoms with Gasteiger partial charge in [-0.25, -0.2) is 0 Å². The Labute approximate surface area is 332 Å². The molecule has 304 valence electrons. The van der Waals surface area contributed by atoms with Gasteiger partial charge < -0.3 is 19.8 Å². The summed E-state index contributed by atoms with van der Waals surface area (Å²) in [7, 11) is 0. The summed E-state index contributed by atoms with van der Waals surface area (Å²) in [6.45, 7) is 10.3. The van der Waals surface area contributed by atoms with E-state index < -0.39 is 61.9 Å². The first-order valence-corrected chi connectivity index (χ1v) is 20.8. The second kappa shape index (κ2) is 11.9. The average molecular weight is 786 g/mol. The fraction of sp³-hybridized carbons (Fsp3) is 0.596. The molecular weight excluding hydrogens is 732 g/mol. The predicted octanol–water partition coefficient (Wildman–Crippen LogP) is 8.63. The van der Waals surface area contributed by atoms with Gasteiger partial charge >= 0.3 is 12.1 Å². The molecule has 10 atom stereocenters. The summed E-state index contributed by atoms with van der Waals surface area (Å²) in [5.41, 5.74) is -6.69. The van der Waals surface area contributed by atoms with Crippen LogP contribution in [-0.2, 0) is 27.0 Å². The van der Waals surface area contributed by atoms with Crippen molar-refractivity contribution < 1.29 is 42.5 Å². The molecule has 10 heteroatoms. The van der Waals surface area contributed by atoms with Crippen LogP contribution in [0.15, 0.2) is 78.4 Å². The quantitative estimate of drug-likeness (QED) is 0.166. The highest BCUT2D eigenvalue weighted by Gasteiger charge is 2.78. The van der Waals surface area contributed by atoms with Gasteiger partial charge in [0.25, 0.3) is 5.91 Å². The van der Waals surface area contributed by atoms with E-state index in [0.29, 0.717) is 56.9 Å². The first kappa shape index (κ1) is 38.7. The van der Waals surface area contributed by atoms with Crippen molar-refractivity contribution in [3.8, 4) is 0 Å². The summed E-state index contributed by atoms with van der Waals surface area (Å²) in [5.74, 6) is -1.48. The van der Waals surface area contributed by atoms with Crippen LogP contribution in [0, 0.1) is 44.3 Å². The molecule has 1 saturated heterocycles. The first-order chi connectivity index (χ1) is 26.6. The van der Waals surface area contributed by atoms with Crippen molar-refractivity contribution in [2.75, 3.05) is 6.54 Å². The molecule has 2 aromatic carbocycles. The van der Waals surface area contributed by atoms with E-state index in [2.05, 4.69) is 26.0 Å². The third kappa shape index (κ3) is 4.77. The third-order valence-electron chi connectivity index (χ3n) is 17.8. The van der Waals surface area contributed by atoms with Crippen molar-refractivity contribution in [3.63, 3.8) is 0 Å². The van der Waals surface area contributed by atoms with E-state index in [1.807, 2.05) is 57.2 Å². The maximum absolute atomic E-state index is 15.2. The molecule has 2 spiro atoms. The summed E-state index contributed by atoms with van der Waals surface area (Å²) in [6, 6.07) is 14.2. The number of hydrogen-bond donors (Lipinski definition) is 2. The minimum absolute atomic E-state index is 0.0156. The number of carbonyl (C=O) groups is 3. The van der Waals surface area contributed by atoms with Crippen molar-refractivity contribution in [1.29, 1.82) is 0 Å². The van der Waals surface area contributed by atoms with E-state index in [4.69, 9.17) is 4.74 Å². The van der Waals surface area contributed by atoms with E-state index in [9.17, 15) is 33.0 Å². The Bertz CT molecular complexity index is 2130. The number of aliphatic hydroxyl groups is 2. The van der Waals surface area contributed by atoms with E-state index in [-0.39, 0.29) is 47.8 Å². The Morgan fingerprint density at radius 1 is 0.860 bits per heavy atom. The average Bonchev–Trinajstić information content (AvgIpc) is 3.62. The highest BCUT2D eigenvalue weighted by atomic mass is 19.4. The molecule has 0 radical (unpaired) electrons. The van der Waals surface area contributed by atoms with Crippen LogP contribution in [0.1, 0.15) is 114 Å². The Morgan fingerprint density at radius 3 is 2.21 bits per heavy atom. The molecule has 4 bridgehead atoms. The number of carbonyl (C=O) groups excluding carboxylic acids is 3. The number of amides is 1. The van der Waals surface area contributed by atoms with Gasteiger partial charge in [-0.3, -0.25) is 14.4 Å². The standard InChI is InChI=1S/C47H54F3NO6/c1-39(2)42(5)20-23-46(39,57-38(42)55)37(54)51(27-29-10-7-6-8-11-29)28-44(56)19-16-35-41(44,4)18-15-34-40(3)17-14-32(52)25-43(40)21-22-45(34,35)33(26-43)36(53)30-12-9-13-31(24-30)47(48,49)50/h6-13,21-22,24,26,32,34-35,52,56H,14-20,23,25,27-28H2,1-5H3. The van der Waals surface area contributed by atoms with Crippen molar-refractivity contribution in [3.05, 3.63) is 95.1 Å². The zero-order valence-corrected chi connectivity index (χ0v) is 33.5. The predicted molar refractivity (Wildman–Crippen MR) is 206 cm³/mol. The minimum atomic E-state index is -4.63. The molecule has 8 aliphatic rings. The SMILES string of the molecule is CC12CCC(C(=O)N(Cc3ccccc3)CC3(O)CCC4C56C=CC7(C=C5C(=O)c5cccc(C(F)(F)F)c5)CC(O)CCC7(C)C6CCC43C)(OC1=O)C2(C)C. The molecule has 57 heavy (non-hydrogen) atoms. The number of Topliss-reactive ketones (excluding diaryl/α,β-unsaturated/α-hetero) is 1. The molecule has 4 saturated carbocycles. The minimum Gasteiger partial charge on any atom is -0.448 e. The largest absolute Gasteiger partial charge is 0.448 e. The van der Waals surface area contributed by atoms with Crippen LogP contribution in [0.2, 0.25) is 0 Å². The molecule has 1 amide bonds. The summed E-state index contributed by atoms with van der Waals surface area (Å²) in [5, 5.41) is 24.4. The third-order valence-corrected chi connectivity index (χ3v) is 17.8. The fourth-order valence-corrected chi connectivity index (χ4v) is 13.9. The summed E-state index contributed by atoms with van der Waals surface area (Å²) >= 11 is 0. The van der Waals surface area contributed by atoms with Gasteiger partial charge in [0.2, 0.25) is 0 Å². The van der Waals surface area contributed by atoms with Crippen LogP contribution in [0.25, 0.3) is 0 Å². The lowest BCUT2D eigenvalue weighted by Crippen LogP contribution is -2.67. The van der Waals surface area contributed by atoms with Crippen LogP contribution < -0.4 is 0 Å². The van der Waals surface area contributed by atoms with Crippen LogP contribution >= 0.6 is 0 Å². The lowest BCUT2D eigenvalue weighted by Gasteiger charge is -2.71. The molecule has 1 aliphatic heterocycles. The van der Waals surface area contributed by atoms with E-state index >= 15 is 4.79 Å². The molecular formula is C47H54F3NO6. The molecule has 2 N–H and O–H groups in total. The van der Waals surface area contributed by atoms with Gasteiger partial charge in [-0.15, -0.1) is 0 Å². The van der Waals surface area contributed by atoms with Gasteiger partial charge in [0.05, 0.1) is 29.2 Å². The van der Waals surface area contributed by atoms with Crippen LogP contribution in [0.5, 0.6) is 0 Å². The number of nitrogens with zero attached hydrogens (tertiary/aromatic N) is 1. The van der Waals surface area contributed by atoms with Crippen molar-refractivity contribution in [1.82, 2.24) is 4.90 Å². The summed E-state index contributed by atoms with van der Waals surface area (Å²) in [4.78, 5) is 45.2. The van der Waals surface area contributed by atoms with Crippen molar-refractivity contribution in [2.24, 2.45) is 44.3 Å². The molecule has 7 nitrogen and oxygen atoms in total. The van der Waals surface area contributed by atoms with Gasteiger partial charge in [0.15, 0.2) is 11.4 Å². The molecule has 10 unspecified atom stereocenters. The second-order valence-corrected chi connectivity index (χ2v) is 20.0. The second-order valence-electron chi connectivity index (χ2n) is 20.0. The van der Waals surface area contributed by atoms with Gasteiger partial charge in [-0.05, 0) is 99.7 Å². The maximum atomic E-state index is 15.2. The van der Waals surface area contributed by atoms with E-state index in [0.717, 1.165) is 24.1 Å². The van der Waals surface area contributed by atoms with Gasteiger partial charge in [0, 0.05) is 39.3 Å². The zero-order chi connectivity index (χ0) is 40.8. The molecule has 2 aromatic rings.